The number of piperidine rings is 1. The second-order valence-corrected chi connectivity index (χ2v) is 10.1. The van der Waals surface area contributed by atoms with E-state index in [2.05, 4.69) is 39.5 Å². The Morgan fingerprint density at radius 2 is 1.86 bits per heavy atom. The summed E-state index contributed by atoms with van der Waals surface area (Å²) in [5.74, 6) is 0.990. The summed E-state index contributed by atoms with van der Waals surface area (Å²) in [6, 6.07) is 8.40. The third-order valence-corrected chi connectivity index (χ3v) is 6.97. The molecule has 0 atom stereocenters. The summed E-state index contributed by atoms with van der Waals surface area (Å²) >= 11 is 0. The van der Waals surface area contributed by atoms with Crippen LogP contribution < -0.4 is 10.2 Å². The fourth-order valence-electron chi connectivity index (χ4n) is 4.68. The largest absolute Gasteiger partial charge is 0.356 e. The molecule has 1 N–H and O–H groups in total. The van der Waals surface area contributed by atoms with E-state index in [4.69, 9.17) is 4.98 Å². The van der Waals surface area contributed by atoms with E-state index in [1.165, 1.54) is 0 Å². The predicted molar refractivity (Wildman–Crippen MR) is 138 cm³/mol. The van der Waals surface area contributed by atoms with E-state index in [0.717, 1.165) is 59.5 Å². The SMILES string of the molecule is CC(C)C(=O)NC1(C)CCN(c2ccc(-c3cc(-c4cnn(C)c4)cn4ncc(C#N)c34)cn2)CC1. The van der Waals surface area contributed by atoms with Gasteiger partial charge in [0.1, 0.15) is 11.9 Å². The summed E-state index contributed by atoms with van der Waals surface area (Å²) in [6.07, 6.45) is 10.9. The summed E-state index contributed by atoms with van der Waals surface area (Å²) in [5.41, 5.74) is 4.83. The lowest BCUT2D eigenvalue weighted by atomic mass is 9.89. The molecular formula is C27H30N8O. The number of hydrogen-bond donors (Lipinski definition) is 1. The number of nitrogens with one attached hydrogen (secondary N) is 1. The van der Waals surface area contributed by atoms with Crippen molar-refractivity contribution in [2.24, 2.45) is 13.0 Å². The van der Waals surface area contributed by atoms with Crippen molar-refractivity contribution < 1.29 is 4.79 Å². The molecule has 184 valence electrons. The van der Waals surface area contributed by atoms with Crippen molar-refractivity contribution in [2.75, 3.05) is 18.0 Å². The van der Waals surface area contributed by atoms with Crippen LogP contribution in [-0.4, -0.2) is 48.9 Å². The smallest absolute Gasteiger partial charge is 0.222 e. The topological polar surface area (TPSA) is 104 Å². The lowest BCUT2D eigenvalue weighted by Gasteiger charge is -2.40. The molecule has 0 aliphatic carbocycles. The molecule has 9 heteroatoms. The lowest BCUT2D eigenvalue weighted by Crippen LogP contribution is -2.54. The molecule has 5 heterocycles. The maximum atomic E-state index is 12.2. The highest BCUT2D eigenvalue weighted by atomic mass is 16.2. The number of hydrogen-bond acceptors (Lipinski definition) is 6. The van der Waals surface area contributed by atoms with Crippen LogP contribution in [-0.2, 0) is 11.8 Å². The summed E-state index contributed by atoms with van der Waals surface area (Å²) in [5, 5.41) is 21.6. The first-order chi connectivity index (χ1) is 17.3. The van der Waals surface area contributed by atoms with E-state index < -0.39 is 0 Å². The third-order valence-electron chi connectivity index (χ3n) is 6.97. The third kappa shape index (κ3) is 4.42. The van der Waals surface area contributed by atoms with Crippen molar-refractivity contribution in [3.63, 3.8) is 0 Å². The van der Waals surface area contributed by atoms with Crippen molar-refractivity contribution in [3.8, 4) is 28.3 Å². The molecule has 0 spiro atoms. The number of pyridine rings is 2. The van der Waals surface area contributed by atoms with Crippen LogP contribution in [0.4, 0.5) is 5.82 Å². The van der Waals surface area contributed by atoms with Gasteiger partial charge >= 0.3 is 0 Å². The van der Waals surface area contributed by atoms with Crippen LogP contribution in [0.1, 0.15) is 39.2 Å². The zero-order valence-electron chi connectivity index (χ0n) is 21.1. The minimum absolute atomic E-state index is 0.0190. The molecule has 0 unspecified atom stereocenters. The Bertz CT molecular complexity index is 1450. The van der Waals surface area contributed by atoms with Crippen LogP contribution >= 0.6 is 0 Å². The molecular weight excluding hydrogens is 452 g/mol. The molecule has 0 radical (unpaired) electrons. The Morgan fingerprint density at radius 3 is 2.47 bits per heavy atom. The molecule has 1 fully saturated rings. The highest BCUT2D eigenvalue weighted by Crippen LogP contribution is 2.33. The molecule has 0 bridgehead atoms. The van der Waals surface area contributed by atoms with E-state index in [1.807, 2.05) is 57.8 Å². The van der Waals surface area contributed by atoms with Crippen LogP contribution in [0, 0.1) is 17.2 Å². The molecule has 1 aliphatic heterocycles. The van der Waals surface area contributed by atoms with Crippen LogP contribution in [0.25, 0.3) is 27.8 Å². The fourth-order valence-corrected chi connectivity index (χ4v) is 4.68. The normalized spacial score (nSPS) is 15.3. The molecule has 1 aliphatic rings. The lowest BCUT2D eigenvalue weighted by molar-refractivity contribution is -0.126. The van der Waals surface area contributed by atoms with Crippen LogP contribution in [0.3, 0.4) is 0 Å². The highest BCUT2D eigenvalue weighted by Gasteiger charge is 2.32. The van der Waals surface area contributed by atoms with Crippen molar-refractivity contribution >= 4 is 17.2 Å². The van der Waals surface area contributed by atoms with Crippen molar-refractivity contribution in [1.29, 1.82) is 5.26 Å². The van der Waals surface area contributed by atoms with Gasteiger partial charge < -0.3 is 10.2 Å². The molecule has 1 amide bonds. The van der Waals surface area contributed by atoms with E-state index in [-0.39, 0.29) is 17.4 Å². The average Bonchev–Trinajstić information content (AvgIpc) is 3.50. The van der Waals surface area contributed by atoms with Gasteiger partial charge in [0.15, 0.2) is 0 Å². The second-order valence-electron chi connectivity index (χ2n) is 10.1. The van der Waals surface area contributed by atoms with Gasteiger partial charge in [-0.1, -0.05) is 13.8 Å². The van der Waals surface area contributed by atoms with Crippen LogP contribution in [0.2, 0.25) is 0 Å². The van der Waals surface area contributed by atoms with E-state index >= 15 is 0 Å². The minimum atomic E-state index is -0.189. The molecule has 0 saturated carbocycles. The molecule has 5 rings (SSSR count). The van der Waals surface area contributed by atoms with Gasteiger partial charge in [0.05, 0.1) is 23.5 Å². The van der Waals surface area contributed by atoms with Gasteiger partial charge in [0.2, 0.25) is 5.91 Å². The summed E-state index contributed by atoms with van der Waals surface area (Å²) in [6.45, 7) is 7.61. The van der Waals surface area contributed by atoms with Crippen LogP contribution in [0.15, 0.2) is 49.2 Å². The Labute approximate surface area is 210 Å². The number of rotatable bonds is 5. The first-order valence-corrected chi connectivity index (χ1v) is 12.2. The first kappa shape index (κ1) is 23.5. The number of fused-ring (bicyclic) bond motifs is 1. The minimum Gasteiger partial charge on any atom is -0.356 e. The number of aromatic nitrogens is 5. The average molecular weight is 483 g/mol. The number of anilines is 1. The predicted octanol–water partition coefficient (Wildman–Crippen LogP) is 3.80. The highest BCUT2D eigenvalue weighted by molar-refractivity contribution is 5.87. The van der Waals surface area contributed by atoms with Gasteiger partial charge in [0, 0.05) is 72.4 Å². The first-order valence-electron chi connectivity index (χ1n) is 12.2. The van der Waals surface area contributed by atoms with Gasteiger partial charge in [-0.25, -0.2) is 9.50 Å². The number of carbonyl (C=O) groups excluding carboxylic acids is 1. The van der Waals surface area contributed by atoms with Crippen molar-refractivity contribution in [3.05, 3.63) is 54.7 Å². The number of carbonyl (C=O) groups is 1. The fraction of sp³-hybridized carbons (Fsp3) is 0.370. The van der Waals surface area contributed by atoms with Gasteiger partial charge in [-0.05, 0) is 38.0 Å². The maximum Gasteiger partial charge on any atom is 0.222 e. The monoisotopic (exact) mass is 482 g/mol. The molecule has 4 aromatic rings. The van der Waals surface area contributed by atoms with Crippen molar-refractivity contribution in [1.82, 2.24) is 29.7 Å². The summed E-state index contributed by atoms with van der Waals surface area (Å²) in [7, 11) is 1.88. The number of amides is 1. The summed E-state index contributed by atoms with van der Waals surface area (Å²) < 4.78 is 3.51. The molecule has 9 nitrogen and oxygen atoms in total. The number of nitrogens with zero attached hydrogens (tertiary/aromatic N) is 7. The maximum absolute atomic E-state index is 12.2. The van der Waals surface area contributed by atoms with E-state index in [1.54, 1.807) is 15.4 Å². The summed E-state index contributed by atoms with van der Waals surface area (Å²) in [4.78, 5) is 19.2. The van der Waals surface area contributed by atoms with Gasteiger partial charge in [-0.15, -0.1) is 0 Å². The van der Waals surface area contributed by atoms with E-state index in [0.29, 0.717) is 5.56 Å². The van der Waals surface area contributed by atoms with Gasteiger partial charge in [0.25, 0.3) is 0 Å². The standard InChI is InChI=1S/C27H30N8O/c1-18(2)26(36)32-27(3)7-9-34(10-8-27)24-6-5-19(13-29-24)23-11-20(22-15-30-33(4)16-22)17-35-25(23)21(12-28)14-31-35/h5-6,11,13-18H,7-10H2,1-4H3,(H,32,36). The van der Waals surface area contributed by atoms with Gasteiger partial charge in [-0.2, -0.15) is 15.5 Å². The van der Waals surface area contributed by atoms with Crippen molar-refractivity contribution in [2.45, 2.75) is 39.2 Å². The Morgan fingerprint density at radius 1 is 1.08 bits per heavy atom. The quantitative estimate of drug-likeness (QED) is 0.464. The Hall–Kier alpha value is -4.19. The zero-order valence-corrected chi connectivity index (χ0v) is 21.1. The molecule has 36 heavy (non-hydrogen) atoms. The van der Waals surface area contributed by atoms with Gasteiger partial charge in [-0.3, -0.25) is 9.48 Å². The number of aryl methyl sites for hydroxylation is 1. The zero-order chi connectivity index (χ0) is 25.4. The Balaban J connectivity index is 1.42. The molecule has 4 aromatic heterocycles. The molecule has 1 saturated heterocycles. The number of nitriles is 1. The second kappa shape index (κ2) is 9.11. The Kier molecular flexibility index (Phi) is 5.96. The molecule has 0 aromatic carbocycles. The van der Waals surface area contributed by atoms with Crippen LogP contribution in [0.5, 0.6) is 0 Å². The van der Waals surface area contributed by atoms with E-state index in [9.17, 15) is 10.1 Å².